The zero-order valence-corrected chi connectivity index (χ0v) is 9.47. The van der Waals surface area contributed by atoms with Crippen LogP contribution in [0.3, 0.4) is 0 Å². The first-order valence-corrected chi connectivity index (χ1v) is 5.10. The molecule has 0 aliphatic rings. The number of anilines is 1. The van der Waals surface area contributed by atoms with Gasteiger partial charge in [-0.3, -0.25) is 5.43 Å². The monoisotopic (exact) mass is 246 g/mol. The van der Waals surface area contributed by atoms with E-state index in [0.717, 1.165) is 0 Å². The fourth-order valence-corrected chi connectivity index (χ4v) is 1.37. The van der Waals surface area contributed by atoms with Crippen LogP contribution in [0.2, 0.25) is 0 Å². The zero-order chi connectivity index (χ0) is 13.1. The van der Waals surface area contributed by atoms with Crippen molar-refractivity contribution in [3.63, 3.8) is 0 Å². The molecule has 0 radical (unpaired) electrons. The number of aliphatic carboxylic acids is 1. The molecule has 0 aliphatic heterocycles. The van der Waals surface area contributed by atoms with Crippen molar-refractivity contribution < 1.29 is 9.90 Å². The van der Waals surface area contributed by atoms with Gasteiger partial charge in [-0.2, -0.15) is 10.1 Å². The Hall–Kier alpha value is -2.70. The predicted molar refractivity (Wildman–Crippen MR) is 66.7 cm³/mol. The molecular weight excluding hydrogens is 236 g/mol. The maximum atomic E-state index is 11.3. The molecule has 1 heterocycles. The van der Waals surface area contributed by atoms with Gasteiger partial charge in [0.2, 0.25) is 0 Å². The average molecular weight is 246 g/mol. The van der Waals surface area contributed by atoms with Gasteiger partial charge in [-0.25, -0.2) is 9.59 Å². The number of hydrazone groups is 1. The van der Waals surface area contributed by atoms with Crippen molar-refractivity contribution in [2.75, 3.05) is 5.43 Å². The van der Waals surface area contributed by atoms with Gasteiger partial charge >= 0.3 is 11.7 Å². The van der Waals surface area contributed by atoms with Crippen molar-refractivity contribution in [1.82, 2.24) is 9.97 Å². The Morgan fingerprint density at radius 2 is 2.17 bits per heavy atom. The van der Waals surface area contributed by atoms with Crippen molar-refractivity contribution in [3.05, 3.63) is 34.7 Å². The van der Waals surface area contributed by atoms with E-state index >= 15 is 0 Å². The molecule has 92 valence electrons. The summed E-state index contributed by atoms with van der Waals surface area (Å²) in [5.74, 6) is -0.924. The maximum absolute atomic E-state index is 11.3. The third kappa shape index (κ3) is 2.34. The lowest BCUT2D eigenvalue weighted by Gasteiger charge is -2.04. The molecule has 0 saturated carbocycles. The fourth-order valence-electron chi connectivity index (χ4n) is 1.37. The highest BCUT2D eigenvalue weighted by molar-refractivity contribution is 6.34. The molecule has 0 saturated heterocycles. The molecule has 0 aliphatic carbocycles. The van der Waals surface area contributed by atoms with Crippen LogP contribution in [0.25, 0.3) is 10.9 Å². The van der Waals surface area contributed by atoms with Crippen molar-refractivity contribution in [2.45, 2.75) is 6.92 Å². The van der Waals surface area contributed by atoms with Crippen LogP contribution in [-0.4, -0.2) is 26.8 Å². The second-order valence-electron chi connectivity index (χ2n) is 3.55. The quantitative estimate of drug-likeness (QED) is 0.548. The zero-order valence-electron chi connectivity index (χ0n) is 9.47. The van der Waals surface area contributed by atoms with Crippen LogP contribution >= 0.6 is 0 Å². The second kappa shape index (κ2) is 4.66. The highest BCUT2D eigenvalue weighted by atomic mass is 16.4. The van der Waals surface area contributed by atoms with Crippen LogP contribution < -0.4 is 11.1 Å². The number of nitrogens with zero attached hydrogens (tertiary/aromatic N) is 2. The number of nitrogens with one attached hydrogen (secondary N) is 2. The minimum absolute atomic E-state index is 0.124. The number of carboxylic acid groups (broad SMARTS) is 1. The van der Waals surface area contributed by atoms with E-state index in [1.807, 2.05) is 0 Å². The maximum Gasteiger partial charge on any atom is 0.351 e. The van der Waals surface area contributed by atoms with E-state index < -0.39 is 11.7 Å². The Balaban J connectivity index is 2.48. The molecular formula is C11H10N4O3. The third-order valence-corrected chi connectivity index (χ3v) is 2.28. The number of benzene rings is 1. The summed E-state index contributed by atoms with van der Waals surface area (Å²) in [7, 11) is 0. The number of hydrogen-bond donors (Lipinski definition) is 3. The van der Waals surface area contributed by atoms with E-state index in [-0.39, 0.29) is 11.5 Å². The second-order valence-corrected chi connectivity index (χ2v) is 3.55. The smallest absolute Gasteiger partial charge is 0.351 e. The first-order chi connectivity index (χ1) is 8.58. The molecule has 1 aromatic heterocycles. The Kier molecular flexibility index (Phi) is 3.05. The molecule has 7 heteroatoms. The minimum atomic E-state index is -1.14. The summed E-state index contributed by atoms with van der Waals surface area (Å²) in [6.07, 6.45) is 0. The number of rotatable bonds is 3. The van der Waals surface area contributed by atoms with Crippen LogP contribution in [0.5, 0.6) is 0 Å². The molecule has 3 N–H and O–H groups in total. The van der Waals surface area contributed by atoms with Gasteiger partial charge in [-0.05, 0) is 19.1 Å². The van der Waals surface area contributed by atoms with Crippen LogP contribution in [0.15, 0.2) is 34.2 Å². The van der Waals surface area contributed by atoms with Crippen molar-refractivity contribution in [1.29, 1.82) is 0 Å². The molecule has 7 nitrogen and oxygen atoms in total. The van der Waals surface area contributed by atoms with Crippen molar-refractivity contribution in [3.8, 4) is 0 Å². The molecule has 18 heavy (non-hydrogen) atoms. The fraction of sp³-hybridized carbons (Fsp3) is 0.0909. The summed E-state index contributed by atoms with van der Waals surface area (Å²) in [6, 6.07) is 7.01. The first-order valence-electron chi connectivity index (χ1n) is 5.10. The average Bonchev–Trinajstić information content (AvgIpc) is 2.35. The Labute approximate surface area is 101 Å². The lowest BCUT2D eigenvalue weighted by atomic mass is 10.2. The number of aromatic amines is 1. The summed E-state index contributed by atoms with van der Waals surface area (Å²) < 4.78 is 0. The molecule has 0 fully saturated rings. The van der Waals surface area contributed by atoms with E-state index in [2.05, 4.69) is 20.5 Å². The summed E-state index contributed by atoms with van der Waals surface area (Å²) in [6.45, 7) is 1.34. The van der Waals surface area contributed by atoms with Crippen molar-refractivity contribution in [2.24, 2.45) is 5.10 Å². The van der Waals surface area contributed by atoms with E-state index in [1.54, 1.807) is 24.3 Å². The SMILES string of the molecule is C/C(=N/Nc1nc(=O)[nH]c2ccccc12)C(=O)O. The summed E-state index contributed by atoms with van der Waals surface area (Å²) in [5, 5.41) is 13.0. The highest BCUT2D eigenvalue weighted by Crippen LogP contribution is 2.16. The number of carboxylic acids is 1. The number of fused-ring (bicyclic) bond motifs is 1. The molecule has 2 aromatic rings. The van der Waals surface area contributed by atoms with Crippen molar-refractivity contribution >= 4 is 28.4 Å². The summed E-state index contributed by atoms with van der Waals surface area (Å²) in [4.78, 5) is 28.2. The molecule has 0 atom stereocenters. The van der Waals surface area contributed by atoms with E-state index in [4.69, 9.17) is 5.11 Å². The summed E-state index contributed by atoms with van der Waals surface area (Å²) >= 11 is 0. The van der Waals surface area contributed by atoms with Gasteiger partial charge in [0.1, 0.15) is 5.71 Å². The lowest BCUT2D eigenvalue weighted by Crippen LogP contribution is -2.14. The van der Waals surface area contributed by atoms with Crippen LogP contribution in [-0.2, 0) is 4.79 Å². The van der Waals surface area contributed by atoms with Crippen LogP contribution in [0.1, 0.15) is 6.92 Å². The van der Waals surface area contributed by atoms with E-state index in [9.17, 15) is 9.59 Å². The largest absolute Gasteiger partial charge is 0.477 e. The standard InChI is InChI=1S/C11H10N4O3/c1-6(10(16)17)14-15-9-7-4-2-3-5-8(7)12-11(18)13-9/h2-5H,1H3,(H,16,17)(H2,12,13,15,18)/b14-6-. The summed E-state index contributed by atoms with van der Waals surface area (Å²) in [5.41, 5.74) is 2.43. The first kappa shape index (κ1) is 11.8. The predicted octanol–water partition coefficient (Wildman–Crippen LogP) is 0.795. The van der Waals surface area contributed by atoms with Crippen LogP contribution in [0.4, 0.5) is 5.82 Å². The molecule has 2 rings (SSSR count). The number of carbonyl (C=O) groups is 1. The van der Waals surface area contributed by atoms with E-state index in [1.165, 1.54) is 6.92 Å². The van der Waals surface area contributed by atoms with E-state index in [0.29, 0.717) is 10.9 Å². The highest BCUT2D eigenvalue weighted by Gasteiger charge is 2.05. The molecule has 1 aromatic carbocycles. The Morgan fingerprint density at radius 1 is 1.44 bits per heavy atom. The number of para-hydroxylation sites is 1. The lowest BCUT2D eigenvalue weighted by molar-refractivity contribution is -0.129. The number of hydrogen-bond acceptors (Lipinski definition) is 5. The molecule has 0 amide bonds. The van der Waals surface area contributed by atoms with Gasteiger partial charge in [-0.1, -0.05) is 12.1 Å². The normalized spacial score (nSPS) is 11.5. The van der Waals surface area contributed by atoms with Gasteiger partial charge in [0.15, 0.2) is 5.82 Å². The number of aromatic nitrogens is 2. The van der Waals surface area contributed by atoms with Gasteiger partial charge in [0, 0.05) is 5.39 Å². The van der Waals surface area contributed by atoms with Crippen LogP contribution in [0, 0.1) is 0 Å². The van der Waals surface area contributed by atoms with Gasteiger partial charge in [-0.15, -0.1) is 0 Å². The Morgan fingerprint density at radius 3 is 2.89 bits per heavy atom. The number of H-pyrrole nitrogens is 1. The van der Waals surface area contributed by atoms with Gasteiger partial charge in [0.05, 0.1) is 5.52 Å². The van der Waals surface area contributed by atoms with Gasteiger partial charge in [0.25, 0.3) is 0 Å². The minimum Gasteiger partial charge on any atom is -0.477 e. The van der Waals surface area contributed by atoms with Gasteiger partial charge < -0.3 is 10.1 Å². The topological polar surface area (TPSA) is 107 Å². The molecule has 0 bridgehead atoms. The molecule has 0 unspecified atom stereocenters. The Bertz CT molecular complexity index is 690. The third-order valence-electron chi connectivity index (χ3n) is 2.28. The molecule has 0 spiro atoms.